The third-order valence-corrected chi connectivity index (χ3v) is 2.08. The fourth-order valence-electron chi connectivity index (χ4n) is 1.41. The molecule has 0 radical (unpaired) electrons. The standard InChI is InChI=1S/C10H10N4O/c11-3-5-15-9-2-1-4-14-8(6-12)7-13-10(9)14/h1-2,4,7H,5-6,12H2. The number of imidazole rings is 1. The van der Waals surface area contributed by atoms with Gasteiger partial charge in [0.15, 0.2) is 18.0 Å². The lowest BCUT2D eigenvalue weighted by Gasteiger charge is -2.03. The van der Waals surface area contributed by atoms with Crippen LogP contribution in [0.25, 0.3) is 5.65 Å². The summed E-state index contributed by atoms with van der Waals surface area (Å²) < 4.78 is 7.09. The Balaban J connectivity index is 2.48. The van der Waals surface area contributed by atoms with Crippen LogP contribution in [0.1, 0.15) is 5.69 Å². The summed E-state index contributed by atoms with van der Waals surface area (Å²) in [6.45, 7) is 0.438. The molecular weight excluding hydrogens is 192 g/mol. The fraction of sp³-hybridized carbons (Fsp3) is 0.200. The summed E-state index contributed by atoms with van der Waals surface area (Å²) in [6.07, 6.45) is 3.57. The largest absolute Gasteiger partial charge is 0.475 e. The van der Waals surface area contributed by atoms with E-state index in [1.54, 1.807) is 12.3 Å². The topological polar surface area (TPSA) is 76.3 Å². The van der Waals surface area contributed by atoms with Crippen LogP contribution in [-0.2, 0) is 6.54 Å². The van der Waals surface area contributed by atoms with Crippen LogP contribution < -0.4 is 10.5 Å². The Morgan fingerprint density at radius 1 is 1.60 bits per heavy atom. The molecule has 0 saturated heterocycles. The third-order valence-electron chi connectivity index (χ3n) is 2.08. The average Bonchev–Trinajstić information content (AvgIpc) is 2.69. The van der Waals surface area contributed by atoms with E-state index in [9.17, 15) is 0 Å². The van der Waals surface area contributed by atoms with Gasteiger partial charge in [-0.2, -0.15) is 5.26 Å². The Kier molecular flexibility index (Phi) is 2.52. The zero-order valence-electron chi connectivity index (χ0n) is 8.05. The maximum atomic E-state index is 8.43. The summed E-state index contributed by atoms with van der Waals surface area (Å²) >= 11 is 0. The summed E-state index contributed by atoms with van der Waals surface area (Å²) in [4.78, 5) is 4.19. The fourth-order valence-corrected chi connectivity index (χ4v) is 1.41. The number of nitrogens with zero attached hydrogens (tertiary/aromatic N) is 3. The molecule has 0 atom stereocenters. The minimum Gasteiger partial charge on any atom is -0.475 e. The number of hydrogen-bond donors (Lipinski definition) is 1. The van der Waals surface area contributed by atoms with Gasteiger partial charge in [-0.25, -0.2) is 4.98 Å². The highest BCUT2D eigenvalue weighted by Crippen LogP contribution is 2.19. The van der Waals surface area contributed by atoms with E-state index in [-0.39, 0.29) is 6.61 Å². The van der Waals surface area contributed by atoms with Crippen molar-refractivity contribution in [3.05, 3.63) is 30.2 Å². The van der Waals surface area contributed by atoms with Gasteiger partial charge in [0.05, 0.1) is 11.9 Å². The van der Waals surface area contributed by atoms with Crippen molar-refractivity contribution in [2.75, 3.05) is 6.61 Å². The van der Waals surface area contributed by atoms with Gasteiger partial charge in [0.2, 0.25) is 0 Å². The van der Waals surface area contributed by atoms with Gasteiger partial charge in [0, 0.05) is 12.7 Å². The molecule has 5 heteroatoms. The van der Waals surface area contributed by atoms with Crippen LogP contribution in [0, 0.1) is 11.3 Å². The molecule has 2 aromatic heterocycles. The first-order valence-electron chi connectivity index (χ1n) is 4.51. The van der Waals surface area contributed by atoms with Gasteiger partial charge in [-0.05, 0) is 12.1 Å². The summed E-state index contributed by atoms with van der Waals surface area (Å²) in [6, 6.07) is 5.53. The summed E-state index contributed by atoms with van der Waals surface area (Å²) in [5.74, 6) is 0.596. The molecule has 2 N–H and O–H groups in total. The minimum atomic E-state index is 0.0183. The van der Waals surface area contributed by atoms with Gasteiger partial charge in [-0.3, -0.25) is 4.40 Å². The molecule has 0 aliphatic heterocycles. The van der Waals surface area contributed by atoms with Crippen LogP contribution in [0.3, 0.4) is 0 Å². The van der Waals surface area contributed by atoms with Gasteiger partial charge >= 0.3 is 0 Å². The van der Waals surface area contributed by atoms with Crippen molar-refractivity contribution >= 4 is 5.65 Å². The number of ether oxygens (including phenoxy) is 1. The van der Waals surface area contributed by atoms with Crippen molar-refractivity contribution in [3.8, 4) is 11.8 Å². The quantitative estimate of drug-likeness (QED) is 0.794. The van der Waals surface area contributed by atoms with E-state index in [1.807, 2.05) is 22.7 Å². The van der Waals surface area contributed by atoms with Crippen molar-refractivity contribution in [1.82, 2.24) is 9.38 Å². The molecule has 0 bridgehead atoms. The predicted molar refractivity (Wildman–Crippen MR) is 54.2 cm³/mol. The van der Waals surface area contributed by atoms with Crippen molar-refractivity contribution in [2.45, 2.75) is 6.54 Å². The van der Waals surface area contributed by atoms with Crippen LogP contribution in [0.2, 0.25) is 0 Å². The first-order chi connectivity index (χ1) is 7.36. The van der Waals surface area contributed by atoms with Gasteiger partial charge in [0.25, 0.3) is 0 Å². The zero-order chi connectivity index (χ0) is 10.7. The number of hydrogen-bond acceptors (Lipinski definition) is 4. The first kappa shape index (κ1) is 9.49. The maximum absolute atomic E-state index is 8.43. The number of aromatic nitrogens is 2. The second-order valence-electron chi connectivity index (χ2n) is 2.97. The molecule has 2 heterocycles. The molecule has 0 aromatic carbocycles. The SMILES string of the molecule is N#CCOc1cccn2c(CN)cnc12. The third kappa shape index (κ3) is 1.63. The second kappa shape index (κ2) is 3.98. The van der Waals surface area contributed by atoms with E-state index >= 15 is 0 Å². The highest BCUT2D eigenvalue weighted by atomic mass is 16.5. The smallest absolute Gasteiger partial charge is 0.179 e. The maximum Gasteiger partial charge on any atom is 0.179 e. The molecule has 0 aliphatic rings. The minimum absolute atomic E-state index is 0.0183. The second-order valence-corrected chi connectivity index (χ2v) is 2.97. The number of nitrogens with two attached hydrogens (primary N) is 1. The Morgan fingerprint density at radius 3 is 3.20 bits per heavy atom. The molecule has 0 saturated carbocycles. The van der Waals surface area contributed by atoms with Crippen LogP contribution in [0.4, 0.5) is 0 Å². The first-order valence-corrected chi connectivity index (χ1v) is 4.51. The van der Waals surface area contributed by atoms with Crippen LogP contribution in [0.15, 0.2) is 24.5 Å². The Hall–Kier alpha value is -2.06. The van der Waals surface area contributed by atoms with E-state index in [0.717, 1.165) is 5.69 Å². The molecule has 0 fully saturated rings. The van der Waals surface area contributed by atoms with Crippen LogP contribution in [-0.4, -0.2) is 16.0 Å². The normalized spacial score (nSPS) is 10.1. The van der Waals surface area contributed by atoms with Crippen molar-refractivity contribution in [1.29, 1.82) is 5.26 Å². The molecule has 76 valence electrons. The van der Waals surface area contributed by atoms with Crippen LogP contribution in [0.5, 0.6) is 5.75 Å². The molecular formula is C10H10N4O. The van der Waals surface area contributed by atoms with E-state index < -0.39 is 0 Å². The Bertz CT molecular complexity index is 512. The average molecular weight is 202 g/mol. The lowest BCUT2D eigenvalue weighted by atomic mass is 10.4. The van der Waals surface area contributed by atoms with E-state index in [0.29, 0.717) is 17.9 Å². The molecule has 0 unspecified atom stereocenters. The van der Waals surface area contributed by atoms with Gasteiger partial charge in [0.1, 0.15) is 6.07 Å². The molecule has 0 spiro atoms. The number of fused-ring (bicyclic) bond motifs is 1. The summed E-state index contributed by atoms with van der Waals surface area (Å²) in [5, 5.41) is 8.43. The summed E-state index contributed by atoms with van der Waals surface area (Å²) in [5.41, 5.74) is 7.15. The van der Waals surface area contributed by atoms with Crippen molar-refractivity contribution < 1.29 is 4.74 Å². The monoisotopic (exact) mass is 202 g/mol. The predicted octanol–water partition coefficient (Wildman–Crippen LogP) is 0.695. The molecule has 2 aromatic rings. The number of nitriles is 1. The van der Waals surface area contributed by atoms with Crippen LogP contribution >= 0.6 is 0 Å². The highest BCUT2D eigenvalue weighted by molar-refractivity contribution is 5.54. The Labute approximate surface area is 86.7 Å². The summed E-state index contributed by atoms with van der Waals surface area (Å²) in [7, 11) is 0. The van der Waals surface area contributed by atoms with Crippen molar-refractivity contribution in [3.63, 3.8) is 0 Å². The van der Waals surface area contributed by atoms with E-state index in [4.69, 9.17) is 15.7 Å². The molecule has 2 rings (SSSR count). The van der Waals surface area contributed by atoms with E-state index in [1.165, 1.54) is 0 Å². The van der Waals surface area contributed by atoms with Crippen molar-refractivity contribution in [2.24, 2.45) is 5.73 Å². The lowest BCUT2D eigenvalue weighted by molar-refractivity contribution is 0.370. The molecule has 5 nitrogen and oxygen atoms in total. The van der Waals surface area contributed by atoms with E-state index in [2.05, 4.69) is 4.98 Å². The lowest BCUT2D eigenvalue weighted by Crippen LogP contribution is -2.01. The zero-order valence-corrected chi connectivity index (χ0v) is 8.05. The molecule has 0 amide bonds. The van der Waals surface area contributed by atoms with Gasteiger partial charge in [-0.1, -0.05) is 0 Å². The van der Waals surface area contributed by atoms with Gasteiger partial charge < -0.3 is 10.5 Å². The number of pyridine rings is 1. The molecule has 0 aliphatic carbocycles. The van der Waals surface area contributed by atoms with Gasteiger partial charge in [-0.15, -0.1) is 0 Å². The molecule has 15 heavy (non-hydrogen) atoms. The number of rotatable bonds is 3. The Morgan fingerprint density at radius 2 is 2.47 bits per heavy atom. The highest BCUT2D eigenvalue weighted by Gasteiger charge is 2.06.